The van der Waals surface area contributed by atoms with Crippen LogP contribution < -0.4 is 5.32 Å². The zero-order valence-corrected chi connectivity index (χ0v) is 16.9. The van der Waals surface area contributed by atoms with Crippen LogP contribution in [0.15, 0.2) is 59.8 Å². The number of oxime groups is 1. The minimum absolute atomic E-state index is 0.0223. The van der Waals surface area contributed by atoms with Crippen molar-refractivity contribution >= 4 is 17.2 Å². The average molecular weight is 400 g/mol. The van der Waals surface area contributed by atoms with E-state index in [9.17, 15) is 13.6 Å². The topological polar surface area (TPSA) is 50.7 Å². The fraction of sp³-hybridized carbons (Fsp3) is 0.304. The molecule has 0 spiro atoms. The largest absolute Gasteiger partial charge is 0.390 e. The van der Waals surface area contributed by atoms with Crippen molar-refractivity contribution in [3.05, 3.63) is 76.9 Å². The first kappa shape index (κ1) is 22.3. The van der Waals surface area contributed by atoms with Gasteiger partial charge in [-0.25, -0.2) is 8.78 Å². The second-order valence-corrected chi connectivity index (χ2v) is 6.50. The maximum Gasteiger partial charge on any atom is 0.284 e. The Bertz CT molecular complexity index is 878. The predicted molar refractivity (Wildman–Crippen MR) is 112 cm³/mol. The van der Waals surface area contributed by atoms with E-state index in [-0.39, 0.29) is 12.5 Å². The Morgan fingerprint density at radius 2 is 1.90 bits per heavy atom. The highest BCUT2D eigenvalue weighted by atomic mass is 19.3. The van der Waals surface area contributed by atoms with Crippen molar-refractivity contribution in [3.63, 3.8) is 0 Å². The van der Waals surface area contributed by atoms with Crippen molar-refractivity contribution in [1.29, 1.82) is 0 Å². The molecule has 2 rings (SSSR count). The Labute approximate surface area is 170 Å². The molecule has 4 nitrogen and oxygen atoms in total. The van der Waals surface area contributed by atoms with Crippen LogP contribution in [0.1, 0.15) is 42.0 Å². The third-order valence-electron chi connectivity index (χ3n) is 4.46. The van der Waals surface area contributed by atoms with E-state index < -0.39 is 12.1 Å². The van der Waals surface area contributed by atoms with Crippen LogP contribution in [0, 0.1) is 6.92 Å². The van der Waals surface area contributed by atoms with Gasteiger partial charge in [0.2, 0.25) is 0 Å². The molecule has 0 heterocycles. The van der Waals surface area contributed by atoms with Crippen LogP contribution in [0.5, 0.6) is 0 Å². The summed E-state index contributed by atoms with van der Waals surface area (Å²) in [6.45, 7) is 3.90. The third-order valence-corrected chi connectivity index (χ3v) is 4.46. The number of hydrogen-bond donors (Lipinski definition) is 1. The predicted octanol–water partition coefficient (Wildman–Crippen LogP) is 5.11. The van der Waals surface area contributed by atoms with Crippen LogP contribution >= 0.6 is 0 Å². The Balaban J connectivity index is 2.34. The number of carbonyl (C=O) groups excluding carboxylic acids is 1. The van der Waals surface area contributed by atoms with Crippen LogP contribution in [-0.4, -0.2) is 25.1 Å². The van der Waals surface area contributed by atoms with Crippen molar-refractivity contribution in [3.8, 4) is 0 Å². The molecule has 6 heteroatoms. The van der Waals surface area contributed by atoms with Crippen LogP contribution in [0.25, 0.3) is 5.57 Å². The third kappa shape index (κ3) is 5.98. The molecule has 2 aromatic carbocycles. The first-order valence-electron chi connectivity index (χ1n) is 9.54. The lowest BCUT2D eigenvalue weighted by Gasteiger charge is -2.15. The number of halogens is 2. The summed E-state index contributed by atoms with van der Waals surface area (Å²) < 4.78 is 26.8. The molecule has 0 aromatic heterocycles. The summed E-state index contributed by atoms with van der Waals surface area (Å²) in [6, 6.07) is 13.8. The standard InChI is InChI=1S/C23H26F2N2O2/c1-4-5-13-19(23(28)26-3)18-14-9-10-16(2)20(18)15-29-27-21(22(24)25)17-11-7-6-8-12-17/h6-14,22H,4-5,15H2,1-3H3,(H,26,28)/b19-13-,27-21-. The summed E-state index contributed by atoms with van der Waals surface area (Å²) in [5.74, 6) is -0.202. The van der Waals surface area contributed by atoms with Gasteiger partial charge in [-0.1, -0.05) is 73.1 Å². The Kier molecular flexibility index (Phi) is 8.52. The van der Waals surface area contributed by atoms with Gasteiger partial charge in [0.15, 0.2) is 5.71 Å². The van der Waals surface area contributed by atoms with E-state index in [2.05, 4.69) is 10.5 Å². The summed E-state index contributed by atoms with van der Waals surface area (Å²) in [7, 11) is 1.58. The van der Waals surface area contributed by atoms with Crippen molar-refractivity contribution in [2.75, 3.05) is 7.05 Å². The van der Waals surface area contributed by atoms with E-state index in [4.69, 9.17) is 4.84 Å². The minimum Gasteiger partial charge on any atom is -0.390 e. The number of amides is 1. The summed E-state index contributed by atoms with van der Waals surface area (Å²) in [4.78, 5) is 17.7. The van der Waals surface area contributed by atoms with Gasteiger partial charge in [-0.05, 0) is 24.5 Å². The highest BCUT2D eigenvalue weighted by molar-refractivity contribution is 6.19. The molecule has 0 aliphatic carbocycles. The molecule has 0 atom stereocenters. The number of nitrogens with zero attached hydrogens (tertiary/aromatic N) is 1. The molecule has 1 N–H and O–H groups in total. The summed E-state index contributed by atoms with van der Waals surface area (Å²) >= 11 is 0. The SMILES string of the molecule is CCC/C=C(\C(=O)NC)c1cccc(C)c1CO/N=C(/c1ccccc1)C(F)F. The summed E-state index contributed by atoms with van der Waals surface area (Å²) in [6.07, 6.45) is 0.768. The molecule has 0 unspecified atom stereocenters. The molecule has 2 aromatic rings. The normalized spacial score (nSPS) is 12.2. The van der Waals surface area contributed by atoms with Crippen LogP contribution in [0.4, 0.5) is 8.78 Å². The van der Waals surface area contributed by atoms with E-state index in [0.717, 1.165) is 24.0 Å². The Hall–Kier alpha value is -3.02. The van der Waals surface area contributed by atoms with Crippen molar-refractivity contribution in [2.24, 2.45) is 5.16 Å². The van der Waals surface area contributed by atoms with E-state index in [1.165, 1.54) is 0 Å². The number of alkyl halides is 2. The zero-order chi connectivity index (χ0) is 21.2. The zero-order valence-electron chi connectivity index (χ0n) is 16.9. The molecular formula is C23H26F2N2O2. The molecule has 154 valence electrons. The van der Waals surface area contributed by atoms with Gasteiger partial charge in [-0.3, -0.25) is 4.79 Å². The van der Waals surface area contributed by atoms with E-state index >= 15 is 0 Å². The lowest BCUT2D eigenvalue weighted by molar-refractivity contribution is -0.115. The first-order valence-corrected chi connectivity index (χ1v) is 9.54. The van der Waals surface area contributed by atoms with Crippen molar-refractivity contribution in [1.82, 2.24) is 5.32 Å². The average Bonchev–Trinajstić information content (AvgIpc) is 2.73. The molecule has 1 amide bonds. The van der Waals surface area contributed by atoms with Gasteiger partial charge in [-0.15, -0.1) is 0 Å². The van der Waals surface area contributed by atoms with Gasteiger partial charge in [-0.2, -0.15) is 0 Å². The fourth-order valence-corrected chi connectivity index (χ4v) is 2.89. The van der Waals surface area contributed by atoms with Gasteiger partial charge in [0.1, 0.15) is 6.61 Å². The number of hydrogen-bond acceptors (Lipinski definition) is 3. The Morgan fingerprint density at radius 3 is 2.52 bits per heavy atom. The molecule has 0 saturated heterocycles. The quantitative estimate of drug-likeness (QED) is 0.361. The summed E-state index contributed by atoms with van der Waals surface area (Å²) in [5.41, 5.74) is 2.77. The smallest absolute Gasteiger partial charge is 0.284 e. The van der Waals surface area contributed by atoms with Gasteiger partial charge < -0.3 is 10.2 Å². The molecule has 0 bridgehead atoms. The number of nitrogens with one attached hydrogen (secondary N) is 1. The van der Waals surface area contributed by atoms with Gasteiger partial charge in [0.05, 0.1) is 0 Å². The van der Waals surface area contributed by atoms with Crippen LogP contribution in [0.3, 0.4) is 0 Å². The number of unbranched alkanes of at least 4 members (excludes halogenated alkanes) is 1. The van der Waals surface area contributed by atoms with Gasteiger partial charge >= 0.3 is 0 Å². The van der Waals surface area contributed by atoms with E-state index in [1.807, 2.05) is 38.1 Å². The molecule has 0 radical (unpaired) electrons. The molecule has 29 heavy (non-hydrogen) atoms. The second kappa shape index (κ2) is 11.1. The maximum absolute atomic E-state index is 13.4. The second-order valence-electron chi connectivity index (χ2n) is 6.50. The van der Waals surface area contributed by atoms with Gasteiger partial charge in [0.25, 0.3) is 12.3 Å². The van der Waals surface area contributed by atoms with Crippen molar-refractivity contribution < 1.29 is 18.4 Å². The first-order chi connectivity index (χ1) is 14.0. The van der Waals surface area contributed by atoms with E-state index in [0.29, 0.717) is 16.7 Å². The number of rotatable bonds is 9. The highest BCUT2D eigenvalue weighted by Crippen LogP contribution is 2.25. The minimum atomic E-state index is -2.76. The fourth-order valence-electron chi connectivity index (χ4n) is 2.89. The number of carbonyl (C=O) groups is 1. The molecule has 0 saturated carbocycles. The summed E-state index contributed by atoms with van der Waals surface area (Å²) in [5, 5.41) is 6.36. The number of aryl methyl sites for hydroxylation is 1. The van der Waals surface area contributed by atoms with Gasteiger partial charge in [0, 0.05) is 23.7 Å². The lowest BCUT2D eigenvalue weighted by Crippen LogP contribution is -2.20. The monoisotopic (exact) mass is 400 g/mol. The van der Waals surface area contributed by atoms with Crippen molar-refractivity contribution in [2.45, 2.75) is 39.7 Å². The molecule has 0 fully saturated rings. The molecule has 0 aliphatic heterocycles. The lowest BCUT2D eigenvalue weighted by atomic mass is 9.95. The number of allylic oxidation sites excluding steroid dienone is 1. The number of benzene rings is 2. The molecule has 0 aliphatic rings. The van der Waals surface area contributed by atoms with E-state index in [1.54, 1.807) is 37.4 Å². The molecular weight excluding hydrogens is 374 g/mol. The highest BCUT2D eigenvalue weighted by Gasteiger charge is 2.18. The Morgan fingerprint density at radius 1 is 1.17 bits per heavy atom. The van der Waals surface area contributed by atoms with Crippen LogP contribution in [0.2, 0.25) is 0 Å². The van der Waals surface area contributed by atoms with Crippen LogP contribution in [-0.2, 0) is 16.2 Å². The number of likely N-dealkylation sites (N-methyl/N-ethyl adjacent to an activating group) is 1. The maximum atomic E-state index is 13.4.